The Balaban J connectivity index is 3.23. The lowest BCUT2D eigenvalue weighted by atomic mass is 9.90. The highest BCUT2D eigenvalue weighted by Crippen LogP contribution is 2.45. The fraction of sp³-hybridized carbons (Fsp3) is 0.720. The normalized spacial score (nSPS) is 11.0. The van der Waals surface area contributed by atoms with Crippen LogP contribution in [0.25, 0.3) is 0 Å². The molecule has 0 aliphatic rings. The molecule has 0 unspecified atom stereocenters. The van der Waals surface area contributed by atoms with E-state index in [1.165, 1.54) is 12.8 Å². The standard InChI is InChI=1S/C25H42O5/c1-4-7-10-12-14-16-19-20(17-15-13-11-8-5-2)24(30-18-9-6-3)23(27)22(26)21(19)25(28)29/h26-27H,4-18H2,1-3H3,(H,28,29). The molecule has 0 heterocycles. The molecule has 0 bridgehead atoms. The lowest BCUT2D eigenvalue weighted by Crippen LogP contribution is -2.11. The summed E-state index contributed by atoms with van der Waals surface area (Å²) < 4.78 is 5.88. The summed E-state index contributed by atoms with van der Waals surface area (Å²) in [4.78, 5) is 12.0. The lowest BCUT2D eigenvalue weighted by Gasteiger charge is -2.21. The number of rotatable bonds is 17. The number of benzene rings is 1. The molecular formula is C25H42O5. The molecule has 0 fully saturated rings. The molecule has 5 heteroatoms. The van der Waals surface area contributed by atoms with Gasteiger partial charge in [0.15, 0.2) is 11.5 Å². The summed E-state index contributed by atoms with van der Waals surface area (Å²) in [5, 5.41) is 30.8. The van der Waals surface area contributed by atoms with Crippen molar-refractivity contribution in [3.8, 4) is 17.2 Å². The number of phenols is 2. The molecule has 0 amide bonds. The van der Waals surface area contributed by atoms with Crippen molar-refractivity contribution in [2.45, 2.75) is 111 Å². The first-order valence-electron chi connectivity index (χ1n) is 11.9. The number of carboxylic acids is 1. The van der Waals surface area contributed by atoms with E-state index in [9.17, 15) is 20.1 Å². The Kier molecular flexibility index (Phi) is 13.0. The molecule has 0 saturated carbocycles. The fourth-order valence-corrected chi connectivity index (χ4v) is 3.86. The third kappa shape index (κ3) is 8.08. The molecule has 0 spiro atoms. The zero-order valence-corrected chi connectivity index (χ0v) is 19.3. The largest absolute Gasteiger partial charge is 0.504 e. The van der Waals surface area contributed by atoms with Gasteiger partial charge in [-0.2, -0.15) is 0 Å². The van der Waals surface area contributed by atoms with E-state index < -0.39 is 17.5 Å². The maximum absolute atomic E-state index is 12.0. The van der Waals surface area contributed by atoms with Gasteiger partial charge in [0, 0.05) is 5.56 Å². The quantitative estimate of drug-likeness (QED) is 0.186. The smallest absolute Gasteiger partial charge is 0.339 e. The topological polar surface area (TPSA) is 87.0 Å². The molecule has 0 atom stereocenters. The van der Waals surface area contributed by atoms with Gasteiger partial charge >= 0.3 is 5.97 Å². The minimum Gasteiger partial charge on any atom is -0.504 e. The first-order chi connectivity index (χ1) is 14.5. The Morgan fingerprint density at radius 3 is 1.70 bits per heavy atom. The summed E-state index contributed by atoms with van der Waals surface area (Å²) in [5.41, 5.74) is 1.25. The van der Waals surface area contributed by atoms with Crippen molar-refractivity contribution in [1.82, 2.24) is 0 Å². The van der Waals surface area contributed by atoms with Crippen LogP contribution >= 0.6 is 0 Å². The van der Waals surface area contributed by atoms with E-state index in [-0.39, 0.29) is 11.3 Å². The van der Waals surface area contributed by atoms with Crippen LogP contribution in [0, 0.1) is 0 Å². The van der Waals surface area contributed by atoms with Crippen LogP contribution in [0.1, 0.15) is 119 Å². The van der Waals surface area contributed by atoms with Gasteiger partial charge in [-0.15, -0.1) is 0 Å². The van der Waals surface area contributed by atoms with Crippen molar-refractivity contribution < 1.29 is 24.9 Å². The van der Waals surface area contributed by atoms with Gasteiger partial charge in [0.25, 0.3) is 0 Å². The second kappa shape index (κ2) is 15.0. The second-order valence-electron chi connectivity index (χ2n) is 8.19. The number of ether oxygens (including phenoxy) is 1. The number of carbonyl (C=O) groups is 1. The van der Waals surface area contributed by atoms with E-state index in [1.54, 1.807) is 0 Å². The van der Waals surface area contributed by atoms with Crippen LogP contribution in [0.15, 0.2) is 0 Å². The summed E-state index contributed by atoms with van der Waals surface area (Å²) in [5.74, 6) is -1.90. The number of unbranched alkanes of at least 4 members (excludes halogenated alkanes) is 9. The number of phenolic OH excluding ortho intramolecular Hbond substituents is 1. The summed E-state index contributed by atoms with van der Waals surface area (Å²) in [6.45, 7) is 6.84. The van der Waals surface area contributed by atoms with Gasteiger partial charge in [-0.25, -0.2) is 4.79 Å². The molecule has 0 aromatic heterocycles. The van der Waals surface area contributed by atoms with E-state index in [2.05, 4.69) is 20.8 Å². The molecule has 0 saturated heterocycles. The Labute approximate surface area is 182 Å². The van der Waals surface area contributed by atoms with Gasteiger partial charge in [-0.05, 0) is 37.7 Å². The number of carboxylic acid groups (broad SMARTS) is 1. The highest BCUT2D eigenvalue weighted by Gasteiger charge is 2.27. The van der Waals surface area contributed by atoms with Gasteiger partial charge < -0.3 is 20.1 Å². The molecule has 0 aliphatic carbocycles. The Bertz CT molecular complexity index is 639. The van der Waals surface area contributed by atoms with Crippen LogP contribution in [0.5, 0.6) is 17.2 Å². The van der Waals surface area contributed by atoms with Crippen molar-refractivity contribution in [1.29, 1.82) is 0 Å². The number of aromatic carboxylic acids is 1. The minimum absolute atomic E-state index is 0.158. The summed E-state index contributed by atoms with van der Waals surface area (Å²) in [7, 11) is 0. The summed E-state index contributed by atoms with van der Waals surface area (Å²) in [6, 6.07) is 0. The van der Waals surface area contributed by atoms with Crippen molar-refractivity contribution in [3.05, 3.63) is 16.7 Å². The lowest BCUT2D eigenvalue weighted by molar-refractivity contribution is 0.0691. The second-order valence-corrected chi connectivity index (χ2v) is 8.19. The molecule has 30 heavy (non-hydrogen) atoms. The molecule has 172 valence electrons. The SMILES string of the molecule is CCCCCCCc1c(CCCCCCC)c(C(=O)O)c(O)c(O)c1OCCCC. The van der Waals surface area contributed by atoms with Crippen LogP contribution in [-0.4, -0.2) is 27.9 Å². The molecule has 1 aromatic rings. The number of hydrogen-bond acceptors (Lipinski definition) is 4. The van der Waals surface area contributed by atoms with E-state index in [1.807, 2.05) is 0 Å². The highest BCUT2D eigenvalue weighted by molar-refractivity contribution is 5.95. The first kappa shape index (κ1) is 26.1. The molecule has 5 nitrogen and oxygen atoms in total. The zero-order chi connectivity index (χ0) is 22.4. The van der Waals surface area contributed by atoms with E-state index >= 15 is 0 Å². The predicted molar refractivity (Wildman–Crippen MR) is 122 cm³/mol. The van der Waals surface area contributed by atoms with Crippen LogP contribution < -0.4 is 4.74 Å². The van der Waals surface area contributed by atoms with Gasteiger partial charge in [0.1, 0.15) is 5.56 Å². The van der Waals surface area contributed by atoms with Crippen molar-refractivity contribution in [2.75, 3.05) is 6.61 Å². The number of aromatic hydroxyl groups is 2. The third-order valence-corrected chi connectivity index (χ3v) is 5.64. The summed E-state index contributed by atoms with van der Waals surface area (Å²) in [6.07, 6.45) is 13.8. The van der Waals surface area contributed by atoms with Crippen molar-refractivity contribution in [2.24, 2.45) is 0 Å². The van der Waals surface area contributed by atoms with Crippen molar-refractivity contribution in [3.63, 3.8) is 0 Å². The van der Waals surface area contributed by atoms with Crippen LogP contribution in [0.4, 0.5) is 0 Å². The molecule has 1 aromatic carbocycles. The van der Waals surface area contributed by atoms with E-state index in [4.69, 9.17) is 4.74 Å². The van der Waals surface area contributed by atoms with Crippen LogP contribution in [0.2, 0.25) is 0 Å². The Hall–Kier alpha value is -1.91. The van der Waals surface area contributed by atoms with Crippen molar-refractivity contribution >= 4 is 5.97 Å². The average molecular weight is 423 g/mol. The average Bonchev–Trinajstić information content (AvgIpc) is 2.72. The van der Waals surface area contributed by atoms with Gasteiger partial charge in [0.2, 0.25) is 5.75 Å². The van der Waals surface area contributed by atoms with E-state index in [0.29, 0.717) is 25.0 Å². The first-order valence-corrected chi connectivity index (χ1v) is 11.9. The zero-order valence-electron chi connectivity index (χ0n) is 19.3. The van der Waals surface area contributed by atoms with Crippen LogP contribution in [-0.2, 0) is 12.8 Å². The monoisotopic (exact) mass is 422 g/mol. The van der Waals surface area contributed by atoms with Gasteiger partial charge in [-0.3, -0.25) is 0 Å². The van der Waals surface area contributed by atoms with Gasteiger partial charge in [-0.1, -0.05) is 78.6 Å². The molecule has 0 aliphatic heterocycles. The van der Waals surface area contributed by atoms with E-state index in [0.717, 1.165) is 69.8 Å². The Morgan fingerprint density at radius 2 is 1.20 bits per heavy atom. The maximum Gasteiger partial charge on any atom is 0.339 e. The molecule has 3 N–H and O–H groups in total. The van der Waals surface area contributed by atoms with Crippen LogP contribution in [0.3, 0.4) is 0 Å². The number of hydrogen-bond donors (Lipinski definition) is 3. The maximum atomic E-state index is 12.0. The third-order valence-electron chi connectivity index (χ3n) is 5.64. The van der Waals surface area contributed by atoms with Gasteiger partial charge in [0.05, 0.1) is 6.61 Å². The minimum atomic E-state index is -1.20. The molecule has 0 radical (unpaired) electrons. The highest BCUT2D eigenvalue weighted by atomic mass is 16.5. The fourth-order valence-electron chi connectivity index (χ4n) is 3.86. The summed E-state index contributed by atoms with van der Waals surface area (Å²) >= 11 is 0. The molecule has 1 rings (SSSR count). The molecular weight excluding hydrogens is 380 g/mol. The Morgan fingerprint density at radius 1 is 0.700 bits per heavy atom. The predicted octanol–water partition coefficient (Wildman–Crippen LogP) is 7.00.